The van der Waals surface area contributed by atoms with Crippen LogP contribution in [0.3, 0.4) is 0 Å². The number of halogens is 1. The summed E-state index contributed by atoms with van der Waals surface area (Å²) in [6.45, 7) is 0. The summed E-state index contributed by atoms with van der Waals surface area (Å²) in [6, 6.07) is 18.3. The number of hydrogen-bond donors (Lipinski definition) is 1. The van der Waals surface area contributed by atoms with Crippen molar-refractivity contribution < 1.29 is 13.7 Å². The molecular weight excluding hydrogens is 410 g/mol. The molecule has 0 aliphatic heterocycles. The number of para-hydroxylation sites is 1. The lowest BCUT2D eigenvalue weighted by Gasteiger charge is -2.10. The van der Waals surface area contributed by atoms with Gasteiger partial charge in [0.1, 0.15) is 0 Å². The molecule has 0 aliphatic rings. The Morgan fingerprint density at radius 3 is 2.78 bits per heavy atom. The minimum atomic E-state index is -0.189. The molecule has 2 heterocycles. The number of carbonyl (C=O) groups is 1. The number of furan rings is 1. The van der Waals surface area contributed by atoms with Gasteiger partial charge in [-0.2, -0.15) is 4.98 Å². The van der Waals surface area contributed by atoms with Crippen LogP contribution in [0.25, 0.3) is 11.6 Å². The third-order valence-electron chi connectivity index (χ3n) is 3.90. The van der Waals surface area contributed by atoms with Crippen molar-refractivity contribution in [1.82, 2.24) is 10.1 Å². The number of carbonyl (C=O) groups excluding carboxylic acids is 1. The maximum atomic E-state index is 12.5. The number of benzene rings is 2. The molecule has 6 nitrogen and oxygen atoms in total. The molecule has 0 atom stereocenters. The van der Waals surface area contributed by atoms with Crippen molar-refractivity contribution in [2.24, 2.45) is 0 Å². The van der Waals surface area contributed by atoms with Crippen LogP contribution in [-0.2, 0) is 6.42 Å². The predicted molar refractivity (Wildman–Crippen MR) is 103 cm³/mol. The highest BCUT2D eigenvalue weighted by molar-refractivity contribution is 9.10. The summed E-state index contributed by atoms with van der Waals surface area (Å²) in [6.07, 6.45) is 1.95. The number of nitrogens with one attached hydrogen (secondary N) is 1. The van der Waals surface area contributed by atoms with E-state index < -0.39 is 0 Å². The third kappa shape index (κ3) is 3.98. The van der Waals surface area contributed by atoms with Gasteiger partial charge in [-0.15, -0.1) is 0 Å². The summed E-state index contributed by atoms with van der Waals surface area (Å²) in [5.74, 6) is 1.18. The fourth-order valence-electron chi connectivity index (χ4n) is 2.62. The van der Waals surface area contributed by atoms with Crippen LogP contribution in [-0.4, -0.2) is 16.0 Å². The predicted octanol–water partition coefficient (Wildman–Crippen LogP) is 4.94. The first-order valence-corrected chi connectivity index (χ1v) is 8.99. The first kappa shape index (κ1) is 17.2. The van der Waals surface area contributed by atoms with Gasteiger partial charge in [-0.3, -0.25) is 4.79 Å². The summed E-state index contributed by atoms with van der Waals surface area (Å²) in [5.41, 5.74) is 2.13. The largest absolute Gasteiger partial charge is 0.461 e. The lowest BCUT2D eigenvalue weighted by molar-refractivity contribution is 0.102. The number of amides is 1. The fraction of sp³-hybridized carbons (Fsp3) is 0.0500. The van der Waals surface area contributed by atoms with Crippen LogP contribution >= 0.6 is 15.9 Å². The summed E-state index contributed by atoms with van der Waals surface area (Å²) in [7, 11) is 0. The van der Waals surface area contributed by atoms with E-state index in [1.165, 1.54) is 0 Å². The van der Waals surface area contributed by atoms with Crippen LogP contribution in [0.15, 0.2) is 80.3 Å². The zero-order valence-corrected chi connectivity index (χ0v) is 15.6. The van der Waals surface area contributed by atoms with Gasteiger partial charge in [0.25, 0.3) is 5.91 Å². The second-order valence-electron chi connectivity index (χ2n) is 5.79. The number of rotatable bonds is 5. The van der Waals surface area contributed by atoms with E-state index in [0.717, 1.165) is 10.0 Å². The van der Waals surface area contributed by atoms with E-state index in [1.807, 2.05) is 36.4 Å². The molecule has 0 bridgehead atoms. The minimum absolute atomic E-state index is 0.189. The van der Waals surface area contributed by atoms with Gasteiger partial charge in [0.2, 0.25) is 11.7 Å². The molecule has 0 unspecified atom stereocenters. The van der Waals surface area contributed by atoms with Gasteiger partial charge < -0.3 is 14.3 Å². The zero-order valence-electron chi connectivity index (χ0n) is 14.1. The second kappa shape index (κ2) is 7.59. The van der Waals surface area contributed by atoms with Gasteiger partial charge in [-0.05, 0) is 42.0 Å². The van der Waals surface area contributed by atoms with Crippen molar-refractivity contribution in [3.05, 3.63) is 88.4 Å². The molecule has 1 N–H and O–H groups in total. The van der Waals surface area contributed by atoms with Gasteiger partial charge in [-0.25, -0.2) is 0 Å². The van der Waals surface area contributed by atoms with Crippen molar-refractivity contribution >= 4 is 27.5 Å². The van der Waals surface area contributed by atoms with Gasteiger partial charge in [0.05, 0.1) is 12.7 Å². The Labute approximate surface area is 163 Å². The molecule has 0 spiro atoms. The van der Waals surface area contributed by atoms with Gasteiger partial charge in [-0.1, -0.05) is 45.4 Å². The van der Waals surface area contributed by atoms with Crippen molar-refractivity contribution in [2.75, 3.05) is 5.32 Å². The van der Waals surface area contributed by atoms with E-state index >= 15 is 0 Å². The normalized spacial score (nSPS) is 10.7. The Bertz CT molecular complexity index is 1070. The molecule has 4 rings (SSSR count). The quantitative estimate of drug-likeness (QED) is 0.491. The summed E-state index contributed by atoms with van der Waals surface area (Å²) in [4.78, 5) is 16.9. The maximum absolute atomic E-state index is 12.5. The zero-order chi connectivity index (χ0) is 18.6. The number of hydrogen-bond acceptors (Lipinski definition) is 5. The molecule has 7 heteroatoms. The SMILES string of the molecule is O=C(Nc1ccccc1Cc1nc(-c2ccco2)no1)c1cccc(Br)c1. The molecule has 0 aliphatic carbocycles. The van der Waals surface area contributed by atoms with Gasteiger partial charge >= 0.3 is 0 Å². The van der Waals surface area contributed by atoms with Crippen molar-refractivity contribution in [3.8, 4) is 11.6 Å². The summed E-state index contributed by atoms with van der Waals surface area (Å²) in [5, 5.41) is 6.87. The van der Waals surface area contributed by atoms with Gasteiger partial charge in [0, 0.05) is 15.7 Å². The first-order chi connectivity index (χ1) is 13.2. The van der Waals surface area contributed by atoms with E-state index in [1.54, 1.807) is 30.5 Å². The Balaban J connectivity index is 1.54. The van der Waals surface area contributed by atoms with Crippen molar-refractivity contribution in [2.45, 2.75) is 6.42 Å². The molecule has 0 radical (unpaired) electrons. The van der Waals surface area contributed by atoms with Crippen LogP contribution in [0, 0.1) is 0 Å². The molecule has 2 aromatic heterocycles. The van der Waals surface area contributed by atoms with E-state index in [2.05, 4.69) is 31.4 Å². The Kier molecular flexibility index (Phi) is 4.84. The van der Waals surface area contributed by atoms with E-state index in [0.29, 0.717) is 35.1 Å². The topological polar surface area (TPSA) is 81.2 Å². The second-order valence-corrected chi connectivity index (χ2v) is 6.70. The molecule has 4 aromatic rings. The van der Waals surface area contributed by atoms with Crippen molar-refractivity contribution in [1.29, 1.82) is 0 Å². The molecule has 1 amide bonds. The number of anilines is 1. The smallest absolute Gasteiger partial charge is 0.255 e. The minimum Gasteiger partial charge on any atom is -0.461 e. The van der Waals surface area contributed by atoms with Crippen LogP contribution in [0.4, 0.5) is 5.69 Å². The maximum Gasteiger partial charge on any atom is 0.255 e. The van der Waals surface area contributed by atoms with E-state index in [9.17, 15) is 4.79 Å². The molecule has 134 valence electrons. The molecule has 2 aromatic carbocycles. The Morgan fingerprint density at radius 2 is 1.96 bits per heavy atom. The van der Waals surface area contributed by atoms with Crippen LogP contribution < -0.4 is 5.32 Å². The van der Waals surface area contributed by atoms with E-state index in [-0.39, 0.29) is 5.91 Å². The highest BCUT2D eigenvalue weighted by Gasteiger charge is 2.14. The lowest BCUT2D eigenvalue weighted by atomic mass is 10.1. The number of nitrogens with zero attached hydrogens (tertiary/aromatic N) is 2. The first-order valence-electron chi connectivity index (χ1n) is 8.20. The molecule has 0 fully saturated rings. The molecule has 27 heavy (non-hydrogen) atoms. The standard InChI is InChI=1S/C20H14BrN3O3/c21-15-7-3-6-14(11-15)20(25)22-16-8-2-1-5-13(16)12-18-23-19(24-27-18)17-9-4-10-26-17/h1-11H,12H2,(H,22,25). The lowest BCUT2D eigenvalue weighted by Crippen LogP contribution is -2.13. The average Bonchev–Trinajstić information content (AvgIpc) is 3.35. The van der Waals surface area contributed by atoms with Crippen LogP contribution in [0.2, 0.25) is 0 Å². The van der Waals surface area contributed by atoms with Crippen LogP contribution in [0.1, 0.15) is 21.8 Å². The monoisotopic (exact) mass is 423 g/mol. The molecule has 0 saturated heterocycles. The molecule has 0 saturated carbocycles. The summed E-state index contributed by atoms with van der Waals surface area (Å²) >= 11 is 3.38. The Morgan fingerprint density at radius 1 is 1.07 bits per heavy atom. The highest BCUT2D eigenvalue weighted by Crippen LogP contribution is 2.22. The van der Waals surface area contributed by atoms with E-state index in [4.69, 9.17) is 8.94 Å². The average molecular weight is 424 g/mol. The summed E-state index contributed by atoms with van der Waals surface area (Å²) < 4.78 is 11.4. The highest BCUT2D eigenvalue weighted by atomic mass is 79.9. The third-order valence-corrected chi connectivity index (χ3v) is 4.40. The number of aromatic nitrogens is 2. The van der Waals surface area contributed by atoms with Gasteiger partial charge in [0.15, 0.2) is 5.76 Å². The Hall–Kier alpha value is -3.19. The fourth-order valence-corrected chi connectivity index (χ4v) is 3.02. The molecular formula is C20H14BrN3O3. The van der Waals surface area contributed by atoms with Crippen molar-refractivity contribution in [3.63, 3.8) is 0 Å². The van der Waals surface area contributed by atoms with Crippen LogP contribution in [0.5, 0.6) is 0 Å².